The molecule has 1 aromatic carbocycles. The monoisotopic (exact) mass is 341 g/mol. The number of nitrogen functional groups attached to an aromatic ring is 1. The number of ether oxygens (including phenoxy) is 2. The summed E-state index contributed by atoms with van der Waals surface area (Å²) < 4.78 is 10.6. The van der Waals surface area contributed by atoms with Crippen molar-refractivity contribution in [2.24, 2.45) is 0 Å². The van der Waals surface area contributed by atoms with Crippen molar-refractivity contribution in [3.8, 4) is 22.6 Å². The van der Waals surface area contributed by atoms with E-state index >= 15 is 0 Å². The van der Waals surface area contributed by atoms with Gasteiger partial charge in [-0.15, -0.1) is 0 Å². The first-order chi connectivity index (χ1) is 11.7. The van der Waals surface area contributed by atoms with Gasteiger partial charge in [0.25, 0.3) is 0 Å². The number of thiophene rings is 1. The van der Waals surface area contributed by atoms with Gasteiger partial charge in [-0.2, -0.15) is 11.3 Å². The minimum atomic E-state index is 0. The van der Waals surface area contributed by atoms with Gasteiger partial charge in [-0.25, -0.2) is 4.98 Å². The number of hydrogen-bond donors (Lipinski definition) is 2. The third kappa shape index (κ3) is 2.83. The fourth-order valence-electron chi connectivity index (χ4n) is 2.54. The Bertz CT molecular complexity index is 882. The molecule has 0 aliphatic heterocycles. The lowest BCUT2D eigenvalue weighted by Crippen LogP contribution is -2.10. The number of nitrogens with zero attached hydrogens (tertiary/aromatic N) is 1. The number of pyridine rings is 1. The Kier molecular flexibility index (Phi) is 4.48. The molecule has 6 heteroatoms. The maximum atomic E-state index is 8.69. The summed E-state index contributed by atoms with van der Waals surface area (Å²) >= 11 is 1.60. The van der Waals surface area contributed by atoms with E-state index in [-0.39, 0.29) is 7.14 Å². The molecule has 2 aromatic heterocycles. The fourth-order valence-corrected chi connectivity index (χ4v) is 3.19. The summed E-state index contributed by atoms with van der Waals surface area (Å²) in [6.07, 6.45) is 1.66. The maximum Gasteiger partial charge on any atom is 0.133 e. The molecule has 0 saturated carbocycles. The third-order valence-electron chi connectivity index (χ3n) is 3.74. The van der Waals surface area contributed by atoms with Gasteiger partial charge in [0.1, 0.15) is 17.3 Å². The molecule has 2 heterocycles. The lowest BCUT2D eigenvalue weighted by atomic mass is 9.95. The Labute approximate surface area is 145 Å². The summed E-state index contributed by atoms with van der Waals surface area (Å²) in [6.45, 7) is 0. The molecule has 0 atom stereocenters. The average molecular weight is 341 g/mol. The molecule has 0 bridgehead atoms. The summed E-state index contributed by atoms with van der Waals surface area (Å²) in [5.41, 5.74) is 9.49. The highest BCUT2D eigenvalue weighted by atomic mass is 32.1. The summed E-state index contributed by atoms with van der Waals surface area (Å²) in [7, 11) is 3.16. The van der Waals surface area contributed by atoms with Crippen LogP contribution in [0.25, 0.3) is 11.1 Å². The zero-order valence-corrected chi connectivity index (χ0v) is 14.2. The molecule has 0 aliphatic rings. The first-order valence-electron chi connectivity index (χ1n) is 7.24. The molecule has 3 N–H and O–H groups in total. The predicted octanol–water partition coefficient (Wildman–Crippen LogP) is 4.07. The number of hydrogen-bond acceptors (Lipinski definition) is 6. The third-order valence-corrected chi connectivity index (χ3v) is 4.42. The molecule has 0 spiro atoms. The van der Waals surface area contributed by atoms with Crippen molar-refractivity contribution in [1.29, 1.82) is 5.41 Å². The Balaban J connectivity index is 0.00000225. The van der Waals surface area contributed by atoms with E-state index in [9.17, 15) is 0 Å². The van der Waals surface area contributed by atoms with Crippen LogP contribution in [-0.4, -0.2) is 24.9 Å². The van der Waals surface area contributed by atoms with Crippen LogP contribution < -0.4 is 15.2 Å². The van der Waals surface area contributed by atoms with Crippen molar-refractivity contribution in [2.75, 3.05) is 20.0 Å². The average Bonchev–Trinajstić information content (AvgIpc) is 3.14. The smallest absolute Gasteiger partial charge is 0.133 e. The molecule has 0 amide bonds. The van der Waals surface area contributed by atoms with Gasteiger partial charge in [-0.05, 0) is 46.2 Å². The topological polar surface area (TPSA) is 81.2 Å². The molecule has 0 saturated heterocycles. The molecule has 3 aromatic rings. The SMILES string of the molecule is COc1ccc(C(=N)c2c(-c3ccsc3)ccnc2N)c(OC)c1.[HH]. The van der Waals surface area contributed by atoms with E-state index in [0.29, 0.717) is 28.4 Å². The summed E-state index contributed by atoms with van der Waals surface area (Å²) in [4.78, 5) is 4.16. The second kappa shape index (κ2) is 6.72. The van der Waals surface area contributed by atoms with E-state index in [2.05, 4.69) is 4.98 Å². The standard InChI is InChI=1S/C18H17N3O2S.H2/c1-22-12-3-4-14(15(9-12)23-2)17(19)16-13(5-7-21-18(16)20)11-6-8-24-10-11;/h3-10,19H,1-2H3,(H2,20,21);1H. The highest BCUT2D eigenvalue weighted by Gasteiger charge is 2.19. The second-order valence-electron chi connectivity index (χ2n) is 5.07. The van der Waals surface area contributed by atoms with E-state index in [1.807, 2.05) is 22.9 Å². The minimum Gasteiger partial charge on any atom is -0.497 e. The normalized spacial score (nSPS) is 10.4. The van der Waals surface area contributed by atoms with Crippen LogP contribution in [0.2, 0.25) is 0 Å². The van der Waals surface area contributed by atoms with Gasteiger partial charge < -0.3 is 15.2 Å². The van der Waals surface area contributed by atoms with Gasteiger partial charge in [0.15, 0.2) is 0 Å². The first kappa shape index (κ1) is 16.0. The largest absolute Gasteiger partial charge is 0.497 e. The first-order valence-corrected chi connectivity index (χ1v) is 8.18. The molecular weight excluding hydrogens is 322 g/mol. The maximum absolute atomic E-state index is 8.69. The van der Waals surface area contributed by atoms with Crippen LogP contribution in [0, 0.1) is 5.41 Å². The highest BCUT2D eigenvalue weighted by Crippen LogP contribution is 2.33. The number of aromatic nitrogens is 1. The van der Waals surface area contributed by atoms with Crippen LogP contribution in [0.1, 0.15) is 12.6 Å². The van der Waals surface area contributed by atoms with Gasteiger partial charge in [0, 0.05) is 19.3 Å². The zero-order valence-electron chi connectivity index (χ0n) is 13.4. The van der Waals surface area contributed by atoms with Crippen LogP contribution in [-0.2, 0) is 0 Å². The lowest BCUT2D eigenvalue weighted by molar-refractivity contribution is 0.394. The van der Waals surface area contributed by atoms with Crippen LogP contribution in [0.15, 0.2) is 47.3 Å². The molecule has 0 radical (unpaired) electrons. The summed E-state index contributed by atoms with van der Waals surface area (Å²) in [5, 5.41) is 12.7. The zero-order chi connectivity index (χ0) is 17.1. The Hall–Kier alpha value is -2.86. The molecule has 0 unspecified atom stereocenters. The van der Waals surface area contributed by atoms with E-state index in [1.54, 1.807) is 50.0 Å². The molecule has 24 heavy (non-hydrogen) atoms. The molecule has 124 valence electrons. The van der Waals surface area contributed by atoms with Crippen molar-refractivity contribution >= 4 is 22.9 Å². The molecular formula is C18H19N3O2S. The number of methoxy groups -OCH3 is 2. The number of anilines is 1. The molecule has 0 fully saturated rings. The quantitative estimate of drug-likeness (QED) is 0.685. The highest BCUT2D eigenvalue weighted by molar-refractivity contribution is 7.08. The van der Waals surface area contributed by atoms with Gasteiger partial charge >= 0.3 is 0 Å². The lowest BCUT2D eigenvalue weighted by Gasteiger charge is -2.15. The van der Waals surface area contributed by atoms with Crippen LogP contribution in [0.5, 0.6) is 11.5 Å². The number of nitrogens with two attached hydrogens (primary N) is 1. The van der Waals surface area contributed by atoms with Crippen molar-refractivity contribution in [2.45, 2.75) is 0 Å². The van der Waals surface area contributed by atoms with E-state index in [4.69, 9.17) is 20.6 Å². The summed E-state index contributed by atoms with van der Waals surface area (Å²) in [6, 6.07) is 9.22. The number of nitrogens with one attached hydrogen (secondary N) is 1. The number of rotatable bonds is 5. The van der Waals surface area contributed by atoms with Gasteiger partial charge in [0.05, 0.1) is 25.5 Å². The predicted molar refractivity (Wildman–Crippen MR) is 99.6 cm³/mol. The van der Waals surface area contributed by atoms with Gasteiger partial charge in [-0.3, -0.25) is 5.41 Å². The van der Waals surface area contributed by atoms with Gasteiger partial charge in [0.2, 0.25) is 0 Å². The molecule has 5 nitrogen and oxygen atoms in total. The minimum absolute atomic E-state index is 0. The summed E-state index contributed by atoms with van der Waals surface area (Å²) in [5.74, 6) is 1.54. The van der Waals surface area contributed by atoms with Crippen molar-refractivity contribution < 1.29 is 10.9 Å². The van der Waals surface area contributed by atoms with E-state index in [0.717, 1.165) is 11.1 Å². The van der Waals surface area contributed by atoms with Crippen LogP contribution in [0.3, 0.4) is 0 Å². The molecule has 0 aliphatic carbocycles. The molecule has 3 rings (SSSR count). The number of benzene rings is 1. The van der Waals surface area contributed by atoms with Crippen molar-refractivity contribution in [1.82, 2.24) is 4.98 Å². The Morgan fingerprint density at radius 1 is 1.21 bits per heavy atom. The second-order valence-corrected chi connectivity index (χ2v) is 5.85. The van der Waals surface area contributed by atoms with Crippen molar-refractivity contribution in [3.05, 3.63) is 58.4 Å². The Morgan fingerprint density at radius 2 is 2.04 bits per heavy atom. The van der Waals surface area contributed by atoms with Crippen LogP contribution >= 0.6 is 11.3 Å². The fraction of sp³-hybridized carbons (Fsp3) is 0.111. The van der Waals surface area contributed by atoms with Crippen LogP contribution in [0.4, 0.5) is 5.82 Å². The van der Waals surface area contributed by atoms with E-state index in [1.165, 1.54) is 0 Å². The Morgan fingerprint density at radius 3 is 2.71 bits per heavy atom. The van der Waals surface area contributed by atoms with Crippen molar-refractivity contribution in [3.63, 3.8) is 0 Å². The van der Waals surface area contributed by atoms with Gasteiger partial charge in [-0.1, -0.05) is 0 Å². The van der Waals surface area contributed by atoms with E-state index < -0.39 is 0 Å².